The molecule has 1 saturated heterocycles. The van der Waals surface area contributed by atoms with Gasteiger partial charge < -0.3 is 10.2 Å². The molecule has 1 aliphatic rings. The lowest BCUT2D eigenvalue weighted by Crippen LogP contribution is -2.46. The number of amides is 1. The molecular formula is C19H22ClFN4O3. The third-order valence-electron chi connectivity index (χ3n) is 5.30. The van der Waals surface area contributed by atoms with E-state index in [1.54, 1.807) is 14.0 Å². The Morgan fingerprint density at radius 3 is 2.43 bits per heavy atom. The quantitative estimate of drug-likeness (QED) is 0.843. The lowest BCUT2D eigenvalue weighted by molar-refractivity contribution is -0.120. The van der Waals surface area contributed by atoms with E-state index in [1.807, 2.05) is 4.90 Å². The minimum Gasteiger partial charge on any atom is -0.366 e. The second-order valence-corrected chi connectivity index (χ2v) is 7.43. The van der Waals surface area contributed by atoms with Crippen LogP contribution in [0.5, 0.6) is 0 Å². The van der Waals surface area contributed by atoms with E-state index in [2.05, 4.69) is 5.32 Å². The van der Waals surface area contributed by atoms with Crippen molar-refractivity contribution >= 4 is 28.9 Å². The molecule has 0 aliphatic carbocycles. The summed E-state index contributed by atoms with van der Waals surface area (Å²) in [6.45, 7) is 2.79. The monoisotopic (exact) mass is 408 g/mol. The summed E-state index contributed by atoms with van der Waals surface area (Å²) in [6.07, 6.45) is 1.12. The molecule has 150 valence electrons. The normalized spacial score (nSPS) is 15.0. The summed E-state index contributed by atoms with van der Waals surface area (Å²) in [4.78, 5) is 39.0. The van der Waals surface area contributed by atoms with Crippen LogP contribution in [-0.4, -0.2) is 28.1 Å². The van der Waals surface area contributed by atoms with Crippen molar-refractivity contribution in [3.63, 3.8) is 0 Å². The Balaban J connectivity index is 1.71. The summed E-state index contributed by atoms with van der Waals surface area (Å²) in [5, 5.41) is 2.72. The molecule has 7 nitrogen and oxygen atoms in total. The Morgan fingerprint density at radius 1 is 1.18 bits per heavy atom. The highest BCUT2D eigenvalue weighted by Gasteiger charge is 2.28. The van der Waals surface area contributed by atoms with Gasteiger partial charge in [0.05, 0.1) is 5.02 Å². The van der Waals surface area contributed by atoms with Crippen molar-refractivity contribution in [3.8, 4) is 0 Å². The number of halogens is 2. The van der Waals surface area contributed by atoms with Gasteiger partial charge in [0.1, 0.15) is 11.5 Å². The summed E-state index contributed by atoms with van der Waals surface area (Å²) in [5.41, 5.74) is 0.857. The summed E-state index contributed by atoms with van der Waals surface area (Å²) in [7, 11) is 3.09. The average Bonchev–Trinajstić information content (AvgIpc) is 2.68. The van der Waals surface area contributed by atoms with E-state index in [4.69, 9.17) is 11.6 Å². The first-order valence-electron chi connectivity index (χ1n) is 8.98. The van der Waals surface area contributed by atoms with Crippen molar-refractivity contribution in [2.45, 2.75) is 19.8 Å². The molecule has 0 saturated carbocycles. The van der Waals surface area contributed by atoms with Crippen LogP contribution in [0.1, 0.15) is 18.5 Å². The second-order valence-electron chi connectivity index (χ2n) is 7.02. The maximum atomic E-state index is 13.2. The zero-order valence-electron chi connectivity index (χ0n) is 16.0. The molecule has 2 aromatic rings. The second kappa shape index (κ2) is 7.79. The third kappa shape index (κ3) is 3.69. The fourth-order valence-electron chi connectivity index (χ4n) is 3.48. The van der Waals surface area contributed by atoms with E-state index in [0.29, 0.717) is 43.0 Å². The zero-order valence-corrected chi connectivity index (χ0v) is 16.7. The number of nitrogens with zero attached hydrogens (tertiary/aromatic N) is 3. The van der Waals surface area contributed by atoms with E-state index in [0.717, 1.165) is 4.57 Å². The van der Waals surface area contributed by atoms with Gasteiger partial charge >= 0.3 is 5.69 Å². The van der Waals surface area contributed by atoms with Crippen LogP contribution < -0.4 is 21.5 Å². The van der Waals surface area contributed by atoms with Gasteiger partial charge in [0, 0.05) is 44.5 Å². The topological polar surface area (TPSA) is 76.3 Å². The van der Waals surface area contributed by atoms with E-state index < -0.39 is 5.82 Å². The first kappa shape index (κ1) is 20.1. The largest absolute Gasteiger partial charge is 0.366 e. The van der Waals surface area contributed by atoms with Gasteiger partial charge in [-0.3, -0.25) is 18.7 Å². The van der Waals surface area contributed by atoms with E-state index >= 15 is 0 Å². The molecule has 0 radical (unpaired) electrons. The number of hydrogen-bond donors (Lipinski definition) is 1. The summed E-state index contributed by atoms with van der Waals surface area (Å²) < 4.78 is 15.8. The number of nitrogens with one attached hydrogen (secondary N) is 1. The van der Waals surface area contributed by atoms with Gasteiger partial charge in [-0.05, 0) is 38.0 Å². The summed E-state index contributed by atoms with van der Waals surface area (Å²) in [6, 6.07) is 4.05. The molecular weight excluding hydrogens is 387 g/mol. The first-order valence-corrected chi connectivity index (χ1v) is 9.36. The smallest absolute Gasteiger partial charge is 0.330 e. The summed E-state index contributed by atoms with van der Waals surface area (Å²) >= 11 is 5.75. The van der Waals surface area contributed by atoms with Crippen molar-refractivity contribution in [2.75, 3.05) is 23.3 Å². The van der Waals surface area contributed by atoms with Gasteiger partial charge in [-0.25, -0.2) is 9.18 Å². The number of anilines is 2. The molecule has 1 N–H and O–H groups in total. The number of piperidine rings is 1. The molecule has 28 heavy (non-hydrogen) atoms. The lowest BCUT2D eigenvalue weighted by Gasteiger charge is -2.33. The van der Waals surface area contributed by atoms with Crippen LogP contribution >= 0.6 is 11.6 Å². The number of aromatic nitrogens is 2. The van der Waals surface area contributed by atoms with Crippen LogP contribution in [0.15, 0.2) is 27.8 Å². The Bertz CT molecular complexity index is 1040. The van der Waals surface area contributed by atoms with Crippen molar-refractivity contribution in [3.05, 3.63) is 55.6 Å². The molecule has 1 amide bonds. The van der Waals surface area contributed by atoms with Crippen molar-refractivity contribution in [1.82, 2.24) is 9.13 Å². The van der Waals surface area contributed by atoms with Crippen LogP contribution in [0.4, 0.5) is 15.8 Å². The van der Waals surface area contributed by atoms with Crippen LogP contribution in [-0.2, 0) is 18.9 Å². The first-order chi connectivity index (χ1) is 13.2. The highest BCUT2D eigenvalue weighted by atomic mass is 35.5. The fourth-order valence-corrected chi connectivity index (χ4v) is 3.66. The highest BCUT2D eigenvalue weighted by molar-refractivity contribution is 6.31. The molecule has 0 unspecified atom stereocenters. The van der Waals surface area contributed by atoms with Crippen LogP contribution in [0.25, 0.3) is 0 Å². The number of carbonyl (C=O) groups excluding carboxylic acids is 1. The zero-order chi connectivity index (χ0) is 20.6. The molecule has 1 aliphatic heterocycles. The molecule has 1 fully saturated rings. The standard InChI is InChI=1S/C19H22ClFN4O3/c1-11-16(18(27)24(3)19(28)23(11)2)25-8-6-12(7-9-25)17(26)22-13-4-5-15(21)14(20)10-13/h4-5,10,12H,6-9H2,1-3H3,(H,22,26). The Kier molecular flexibility index (Phi) is 5.60. The Morgan fingerprint density at radius 2 is 1.82 bits per heavy atom. The molecule has 0 spiro atoms. The van der Waals surface area contributed by atoms with Crippen LogP contribution in [0.3, 0.4) is 0 Å². The fraction of sp³-hybridized carbons (Fsp3) is 0.421. The van der Waals surface area contributed by atoms with Gasteiger partial charge in [-0.15, -0.1) is 0 Å². The molecule has 0 atom stereocenters. The Labute approximate surface area is 166 Å². The SMILES string of the molecule is Cc1c(N2CCC(C(=O)Nc3ccc(F)c(Cl)c3)CC2)c(=O)n(C)c(=O)n1C. The number of benzene rings is 1. The third-order valence-corrected chi connectivity index (χ3v) is 5.59. The van der Waals surface area contributed by atoms with Crippen LogP contribution in [0, 0.1) is 18.7 Å². The van der Waals surface area contributed by atoms with E-state index in [9.17, 15) is 18.8 Å². The average molecular weight is 409 g/mol. The van der Waals surface area contributed by atoms with Gasteiger partial charge in [0.2, 0.25) is 5.91 Å². The minimum absolute atomic E-state index is 0.0476. The maximum Gasteiger partial charge on any atom is 0.330 e. The lowest BCUT2D eigenvalue weighted by atomic mass is 9.95. The molecule has 0 bridgehead atoms. The predicted molar refractivity (Wildman–Crippen MR) is 107 cm³/mol. The number of rotatable bonds is 3. The van der Waals surface area contributed by atoms with Crippen molar-refractivity contribution in [2.24, 2.45) is 20.0 Å². The Hall–Kier alpha value is -2.61. The molecule has 3 rings (SSSR count). The number of hydrogen-bond acceptors (Lipinski definition) is 4. The van der Waals surface area contributed by atoms with Crippen molar-refractivity contribution in [1.29, 1.82) is 0 Å². The van der Waals surface area contributed by atoms with Gasteiger partial charge in [0.25, 0.3) is 5.56 Å². The minimum atomic E-state index is -0.540. The van der Waals surface area contributed by atoms with Gasteiger partial charge in [-0.2, -0.15) is 0 Å². The number of carbonyl (C=O) groups is 1. The van der Waals surface area contributed by atoms with Gasteiger partial charge in [-0.1, -0.05) is 11.6 Å². The maximum absolute atomic E-state index is 13.2. The van der Waals surface area contributed by atoms with E-state index in [1.165, 1.54) is 29.8 Å². The highest BCUT2D eigenvalue weighted by Crippen LogP contribution is 2.25. The molecule has 9 heteroatoms. The molecule has 1 aromatic carbocycles. The predicted octanol–water partition coefficient (Wildman–Crippen LogP) is 2.04. The van der Waals surface area contributed by atoms with E-state index in [-0.39, 0.29) is 28.1 Å². The van der Waals surface area contributed by atoms with Gasteiger partial charge in [0.15, 0.2) is 0 Å². The summed E-state index contributed by atoms with van der Waals surface area (Å²) in [5.74, 6) is -0.925. The van der Waals surface area contributed by atoms with Crippen LogP contribution in [0.2, 0.25) is 5.02 Å². The molecule has 2 heterocycles. The molecule has 1 aromatic heterocycles. The van der Waals surface area contributed by atoms with Crippen molar-refractivity contribution < 1.29 is 9.18 Å².